The first-order valence-corrected chi connectivity index (χ1v) is 12.3. The Morgan fingerprint density at radius 3 is 1.95 bits per heavy atom. The summed E-state index contributed by atoms with van der Waals surface area (Å²) in [5.41, 5.74) is 7.94. The van der Waals surface area contributed by atoms with Crippen LogP contribution in [0.2, 0.25) is 0 Å². The van der Waals surface area contributed by atoms with Gasteiger partial charge < -0.3 is 29.6 Å². The summed E-state index contributed by atoms with van der Waals surface area (Å²) in [6.07, 6.45) is 1.99. The fourth-order valence-electron chi connectivity index (χ4n) is 4.55. The number of anilines is 2. The van der Waals surface area contributed by atoms with Crippen LogP contribution in [0.15, 0.2) is 66.9 Å². The number of guanidine groups is 2. The molecule has 38 heavy (non-hydrogen) atoms. The normalized spacial score (nSPS) is 11.1. The summed E-state index contributed by atoms with van der Waals surface area (Å²) < 4.78 is 0. The molecule has 0 amide bonds. The van der Waals surface area contributed by atoms with Gasteiger partial charge in [-0.15, -0.1) is 0 Å². The topological polar surface area (TPSA) is 105 Å². The molecule has 5 aromatic rings. The van der Waals surface area contributed by atoms with Crippen LogP contribution < -0.4 is 9.80 Å². The third-order valence-electron chi connectivity index (χ3n) is 6.86. The van der Waals surface area contributed by atoms with Crippen LogP contribution in [0.25, 0.3) is 44.5 Å². The molecular formula is C29H33N9. The molecule has 0 spiro atoms. The molecule has 0 bridgehead atoms. The molecule has 0 fully saturated rings. The van der Waals surface area contributed by atoms with Gasteiger partial charge in [-0.1, -0.05) is 18.2 Å². The van der Waals surface area contributed by atoms with Crippen LogP contribution in [0.3, 0.4) is 0 Å². The van der Waals surface area contributed by atoms with Crippen molar-refractivity contribution in [1.29, 1.82) is 10.8 Å². The Bertz CT molecular complexity index is 1640. The molecule has 2 heterocycles. The van der Waals surface area contributed by atoms with Crippen LogP contribution >= 0.6 is 0 Å². The van der Waals surface area contributed by atoms with Gasteiger partial charge in [0.05, 0.1) is 11.0 Å². The van der Waals surface area contributed by atoms with Gasteiger partial charge in [0, 0.05) is 76.3 Å². The number of aromatic amines is 2. The van der Waals surface area contributed by atoms with E-state index in [1.807, 2.05) is 88.6 Å². The molecule has 0 unspecified atom stereocenters. The van der Waals surface area contributed by atoms with Crippen LogP contribution in [-0.4, -0.2) is 79.0 Å². The molecular weight excluding hydrogens is 474 g/mol. The van der Waals surface area contributed by atoms with Crippen LogP contribution in [0.1, 0.15) is 0 Å². The van der Waals surface area contributed by atoms with Crippen LogP contribution in [0.4, 0.5) is 11.4 Å². The smallest absolute Gasteiger partial charge is 0.197 e. The van der Waals surface area contributed by atoms with Gasteiger partial charge in [-0.3, -0.25) is 10.8 Å². The van der Waals surface area contributed by atoms with Crippen molar-refractivity contribution in [1.82, 2.24) is 24.8 Å². The quantitative estimate of drug-likeness (QED) is 0.197. The molecule has 0 aliphatic carbocycles. The van der Waals surface area contributed by atoms with E-state index in [1.165, 1.54) is 0 Å². The zero-order chi connectivity index (χ0) is 27.1. The van der Waals surface area contributed by atoms with E-state index >= 15 is 0 Å². The van der Waals surface area contributed by atoms with E-state index in [9.17, 15) is 0 Å². The van der Waals surface area contributed by atoms with Gasteiger partial charge in [-0.05, 0) is 53.6 Å². The Kier molecular flexibility index (Phi) is 6.28. The minimum absolute atomic E-state index is 0.406. The minimum Gasteiger partial charge on any atom is -0.360 e. The van der Waals surface area contributed by atoms with Crippen molar-refractivity contribution >= 4 is 45.2 Å². The van der Waals surface area contributed by atoms with E-state index in [0.717, 1.165) is 55.8 Å². The number of nitrogens with zero attached hydrogens (tertiary/aromatic N) is 5. The molecule has 0 atom stereocenters. The van der Waals surface area contributed by atoms with Crippen molar-refractivity contribution in [3.8, 4) is 22.5 Å². The number of H-pyrrole nitrogens is 2. The number of rotatable bonds is 4. The van der Waals surface area contributed by atoms with Gasteiger partial charge in [0.1, 0.15) is 5.82 Å². The Labute approximate surface area is 222 Å². The first-order valence-electron chi connectivity index (χ1n) is 12.3. The lowest BCUT2D eigenvalue weighted by Crippen LogP contribution is -2.37. The second kappa shape index (κ2) is 9.59. The van der Waals surface area contributed by atoms with Crippen LogP contribution in [-0.2, 0) is 0 Å². The van der Waals surface area contributed by atoms with E-state index in [4.69, 9.17) is 15.8 Å². The van der Waals surface area contributed by atoms with Crippen molar-refractivity contribution < 1.29 is 0 Å². The zero-order valence-electron chi connectivity index (χ0n) is 22.6. The number of aromatic nitrogens is 3. The summed E-state index contributed by atoms with van der Waals surface area (Å²) >= 11 is 0. The van der Waals surface area contributed by atoms with Crippen molar-refractivity contribution in [3.63, 3.8) is 0 Å². The predicted octanol–water partition coefficient (Wildman–Crippen LogP) is 5.24. The number of hydrogen-bond acceptors (Lipinski definition) is 3. The maximum atomic E-state index is 8.27. The number of benzene rings is 3. The molecule has 194 valence electrons. The molecule has 0 radical (unpaired) electrons. The lowest BCUT2D eigenvalue weighted by atomic mass is 10.0. The van der Waals surface area contributed by atoms with Gasteiger partial charge in [-0.25, -0.2) is 4.98 Å². The van der Waals surface area contributed by atoms with Crippen molar-refractivity contribution in [2.45, 2.75) is 0 Å². The average molecular weight is 508 g/mol. The van der Waals surface area contributed by atoms with Crippen molar-refractivity contribution in [3.05, 3.63) is 66.9 Å². The second-order valence-corrected chi connectivity index (χ2v) is 9.85. The summed E-state index contributed by atoms with van der Waals surface area (Å²) in [7, 11) is 11.2. The lowest BCUT2D eigenvalue weighted by Gasteiger charge is -2.25. The Hall–Kier alpha value is -4.79. The molecule has 5 rings (SSSR count). The highest BCUT2D eigenvalue weighted by Gasteiger charge is 2.15. The first-order chi connectivity index (χ1) is 18.1. The molecule has 0 saturated heterocycles. The molecule has 2 aromatic heterocycles. The molecule has 0 saturated carbocycles. The fourth-order valence-corrected chi connectivity index (χ4v) is 4.55. The van der Waals surface area contributed by atoms with Gasteiger partial charge >= 0.3 is 0 Å². The second-order valence-electron chi connectivity index (χ2n) is 9.85. The average Bonchev–Trinajstić information content (AvgIpc) is 3.54. The van der Waals surface area contributed by atoms with Gasteiger partial charge in [0.25, 0.3) is 0 Å². The summed E-state index contributed by atoms with van der Waals surface area (Å²) in [6, 6.07) is 20.7. The maximum absolute atomic E-state index is 8.27. The minimum atomic E-state index is 0.406. The lowest BCUT2D eigenvalue weighted by molar-refractivity contribution is 0.603. The Balaban J connectivity index is 1.47. The number of hydrogen-bond donors (Lipinski definition) is 4. The van der Waals surface area contributed by atoms with Crippen LogP contribution in [0, 0.1) is 10.8 Å². The summed E-state index contributed by atoms with van der Waals surface area (Å²) in [5.74, 6) is 1.63. The van der Waals surface area contributed by atoms with Gasteiger partial charge in [0.2, 0.25) is 0 Å². The predicted molar refractivity (Wildman–Crippen MR) is 158 cm³/mol. The van der Waals surface area contributed by atoms with E-state index in [1.54, 1.807) is 9.80 Å². The summed E-state index contributed by atoms with van der Waals surface area (Å²) in [5, 5.41) is 17.6. The highest BCUT2D eigenvalue weighted by molar-refractivity contribution is 5.99. The largest absolute Gasteiger partial charge is 0.360 e. The first kappa shape index (κ1) is 24.9. The Morgan fingerprint density at radius 1 is 0.684 bits per heavy atom. The van der Waals surface area contributed by atoms with Crippen molar-refractivity contribution in [2.24, 2.45) is 0 Å². The molecule has 3 aromatic carbocycles. The molecule has 4 N–H and O–H groups in total. The highest BCUT2D eigenvalue weighted by Crippen LogP contribution is 2.33. The summed E-state index contributed by atoms with van der Waals surface area (Å²) in [4.78, 5) is 19.0. The van der Waals surface area contributed by atoms with Crippen molar-refractivity contribution in [2.75, 3.05) is 52.1 Å². The van der Waals surface area contributed by atoms with E-state index < -0.39 is 0 Å². The number of fused-ring (bicyclic) bond motifs is 2. The van der Waals surface area contributed by atoms with Gasteiger partial charge in [0.15, 0.2) is 11.9 Å². The standard InChI is InChI=1S/C29H33N9/c1-35(2)28(30)37(5)20-10-7-18(8-11-20)19-9-13-24-22(15-19)23(17-32-24)27-33-25-14-12-21(16-26(25)34-27)38(6)29(31)36(3)4/h7-17,30-32H,1-6H3,(H,33,34). The number of nitrogens with one attached hydrogen (secondary N) is 4. The number of imidazole rings is 1. The maximum Gasteiger partial charge on any atom is 0.197 e. The molecule has 9 heteroatoms. The molecule has 0 aliphatic rings. The van der Waals surface area contributed by atoms with E-state index in [2.05, 4.69) is 40.3 Å². The highest BCUT2D eigenvalue weighted by atomic mass is 15.3. The van der Waals surface area contributed by atoms with Crippen LogP contribution in [0.5, 0.6) is 0 Å². The van der Waals surface area contributed by atoms with Gasteiger partial charge in [-0.2, -0.15) is 0 Å². The zero-order valence-corrected chi connectivity index (χ0v) is 22.6. The third-order valence-corrected chi connectivity index (χ3v) is 6.86. The third kappa shape index (κ3) is 4.43. The molecule has 0 aliphatic heterocycles. The summed E-state index contributed by atoms with van der Waals surface area (Å²) in [6.45, 7) is 0. The molecule has 9 nitrogen and oxygen atoms in total. The Morgan fingerprint density at radius 2 is 1.29 bits per heavy atom. The fraction of sp³-hybridized carbons (Fsp3) is 0.207. The monoisotopic (exact) mass is 507 g/mol. The van der Waals surface area contributed by atoms with E-state index in [0.29, 0.717) is 11.9 Å². The van der Waals surface area contributed by atoms with E-state index in [-0.39, 0.29) is 0 Å². The SMILES string of the molecule is CN(C)C(=N)N(C)c1ccc(-c2ccc3[nH]cc(-c4nc5ccc(N(C)C(=N)N(C)C)cc5[nH]4)c3c2)cc1.